The fraction of sp³-hybridized carbons (Fsp3) is 0.261. The first kappa shape index (κ1) is 22.5. The van der Waals surface area contributed by atoms with Gasteiger partial charge in [-0.05, 0) is 49.6 Å². The number of aliphatic hydroxyl groups excluding tert-OH is 1. The Bertz CT molecular complexity index is 1360. The molecule has 0 amide bonds. The molecular weight excluding hydrogens is 439 g/mol. The van der Waals surface area contributed by atoms with Gasteiger partial charge in [-0.25, -0.2) is 0 Å². The second-order valence-corrected chi connectivity index (χ2v) is 7.54. The monoisotopic (exact) mass is 459 g/mol. The van der Waals surface area contributed by atoms with Gasteiger partial charge in [-0.15, -0.1) is 0 Å². The number of aromatic nitrogens is 3. The first-order chi connectivity index (χ1) is 15.6. The maximum atomic E-state index is 13.4. The number of methoxy groups -OCH3 is 1. The maximum absolute atomic E-state index is 13.4. The van der Waals surface area contributed by atoms with Crippen LogP contribution >= 0.6 is 0 Å². The van der Waals surface area contributed by atoms with Crippen molar-refractivity contribution < 1.29 is 27.5 Å². The van der Waals surface area contributed by atoms with Crippen LogP contribution in [0.1, 0.15) is 28.8 Å². The summed E-state index contributed by atoms with van der Waals surface area (Å²) in [6.07, 6.45) is -6.42. The number of alkyl halides is 3. The van der Waals surface area contributed by atoms with Crippen molar-refractivity contribution in [2.75, 3.05) is 7.11 Å². The standard InChI is InChI=1S/C23H20F3N3O4/c1-12-18(13(2)33-28-12)19-17(32-3)8-7-14-10-16(21(30)23(24,25)26)22(31)29(20(14)19)11-15-6-4-5-9-27-15/h4-10,21,30H,11H2,1-3H3. The highest BCUT2D eigenvalue weighted by molar-refractivity contribution is 5.98. The van der Waals surface area contributed by atoms with Gasteiger partial charge >= 0.3 is 6.18 Å². The normalized spacial score (nSPS) is 12.8. The average molecular weight is 459 g/mol. The Balaban J connectivity index is 2.14. The lowest BCUT2D eigenvalue weighted by atomic mass is 9.97. The molecule has 7 nitrogen and oxygen atoms in total. The predicted octanol–water partition coefficient (Wildman–Crippen LogP) is 4.32. The van der Waals surface area contributed by atoms with Gasteiger partial charge in [0.25, 0.3) is 5.56 Å². The van der Waals surface area contributed by atoms with Gasteiger partial charge in [0.05, 0.1) is 47.2 Å². The summed E-state index contributed by atoms with van der Waals surface area (Å²) in [4.78, 5) is 17.6. The quantitative estimate of drug-likeness (QED) is 0.478. The Morgan fingerprint density at radius 3 is 2.52 bits per heavy atom. The number of pyridine rings is 2. The van der Waals surface area contributed by atoms with Crippen molar-refractivity contribution in [1.82, 2.24) is 14.7 Å². The minimum atomic E-state index is -5.01. The van der Waals surface area contributed by atoms with Crippen LogP contribution in [0.2, 0.25) is 0 Å². The van der Waals surface area contributed by atoms with Crippen LogP contribution in [0.25, 0.3) is 22.0 Å². The van der Waals surface area contributed by atoms with Gasteiger partial charge in [0.2, 0.25) is 0 Å². The van der Waals surface area contributed by atoms with E-state index in [1.807, 2.05) is 0 Å². The molecule has 0 aliphatic carbocycles. The average Bonchev–Trinajstić information content (AvgIpc) is 3.11. The molecule has 0 aliphatic rings. The molecule has 33 heavy (non-hydrogen) atoms. The number of hydrogen-bond donors (Lipinski definition) is 1. The van der Waals surface area contributed by atoms with E-state index in [1.165, 1.54) is 23.9 Å². The molecule has 172 valence electrons. The van der Waals surface area contributed by atoms with Crippen molar-refractivity contribution in [2.24, 2.45) is 0 Å². The Labute approximate surface area is 186 Å². The number of fused-ring (bicyclic) bond motifs is 1. The Morgan fingerprint density at radius 1 is 1.18 bits per heavy atom. The summed E-state index contributed by atoms with van der Waals surface area (Å²) in [6, 6.07) is 9.23. The van der Waals surface area contributed by atoms with Crippen LogP contribution in [-0.2, 0) is 6.54 Å². The first-order valence-corrected chi connectivity index (χ1v) is 9.95. The fourth-order valence-electron chi connectivity index (χ4n) is 3.91. The van der Waals surface area contributed by atoms with E-state index in [0.717, 1.165) is 6.07 Å². The molecule has 10 heteroatoms. The van der Waals surface area contributed by atoms with E-state index in [4.69, 9.17) is 9.26 Å². The van der Waals surface area contributed by atoms with Crippen LogP contribution in [0.5, 0.6) is 5.75 Å². The number of ether oxygens (including phenoxy) is 1. The van der Waals surface area contributed by atoms with E-state index >= 15 is 0 Å². The van der Waals surface area contributed by atoms with Gasteiger partial charge in [-0.2, -0.15) is 13.2 Å². The molecule has 0 saturated carbocycles. The summed E-state index contributed by atoms with van der Waals surface area (Å²) < 4.78 is 52.1. The Morgan fingerprint density at radius 2 is 1.94 bits per heavy atom. The third-order valence-corrected chi connectivity index (χ3v) is 5.40. The van der Waals surface area contributed by atoms with Crippen molar-refractivity contribution in [3.63, 3.8) is 0 Å². The maximum Gasteiger partial charge on any atom is 0.418 e. The van der Waals surface area contributed by atoms with Gasteiger partial charge < -0.3 is 18.9 Å². The number of rotatable bonds is 5. The Hall–Kier alpha value is -3.66. The van der Waals surface area contributed by atoms with Gasteiger partial charge in [0.1, 0.15) is 11.5 Å². The molecule has 0 fully saturated rings. The van der Waals surface area contributed by atoms with Crippen molar-refractivity contribution in [3.8, 4) is 16.9 Å². The number of aliphatic hydroxyl groups is 1. The molecule has 0 aliphatic heterocycles. The van der Waals surface area contributed by atoms with Crippen LogP contribution in [-0.4, -0.2) is 33.1 Å². The zero-order chi connectivity index (χ0) is 23.9. The Kier molecular flexibility index (Phi) is 5.71. The van der Waals surface area contributed by atoms with E-state index in [-0.39, 0.29) is 6.54 Å². The highest BCUT2D eigenvalue weighted by Gasteiger charge is 2.41. The summed E-state index contributed by atoms with van der Waals surface area (Å²) in [5.74, 6) is 0.838. The van der Waals surface area contributed by atoms with Crippen LogP contribution in [0.15, 0.2) is 51.9 Å². The first-order valence-electron chi connectivity index (χ1n) is 9.95. The lowest BCUT2D eigenvalue weighted by Gasteiger charge is -2.21. The van der Waals surface area contributed by atoms with Crippen molar-refractivity contribution in [1.29, 1.82) is 0 Å². The second-order valence-electron chi connectivity index (χ2n) is 7.54. The molecule has 4 aromatic rings. The third-order valence-electron chi connectivity index (χ3n) is 5.40. The molecule has 1 N–H and O–H groups in total. The van der Waals surface area contributed by atoms with Crippen LogP contribution < -0.4 is 10.3 Å². The van der Waals surface area contributed by atoms with Crippen LogP contribution in [0.3, 0.4) is 0 Å². The molecule has 1 aromatic carbocycles. The van der Waals surface area contributed by atoms with E-state index in [1.54, 1.807) is 38.1 Å². The topological polar surface area (TPSA) is 90.4 Å². The van der Waals surface area contributed by atoms with Gasteiger partial charge in [-0.3, -0.25) is 9.78 Å². The fourth-order valence-corrected chi connectivity index (χ4v) is 3.91. The van der Waals surface area contributed by atoms with E-state index in [0.29, 0.717) is 44.9 Å². The zero-order valence-corrected chi connectivity index (χ0v) is 18.0. The van der Waals surface area contributed by atoms with Gasteiger partial charge in [0.15, 0.2) is 6.10 Å². The van der Waals surface area contributed by atoms with Crippen molar-refractivity contribution in [3.05, 3.63) is 75.7 Å². The van der Waals surface area contributed by atoms with Crippen molar-refractivity contribution in [2.45, 2.75) is 32.7 Å². The van der Waals surface area contributed by atoms with E-state index in [2.05, 4.69) is 10.1 Å². The molecule has 1 atom stereocenters. The minimum Gasteiger partial charge on any atom is -0.496 e. The lowest BCUT2D eigenvalue weighted by molar-refractivity contribution is -0.207. The summed E-state index contributed by atoms with van der Waals surface area (Å²) in [6.45, 7) is 3.28. The number of halogens is 3. The highest BCUT2D eigenvalue weighted by Crippen LogP contribution is 2.41. The smallest absolute Gasteiger partial charge is 0.418 e. The molecule has 0 saturated heterocycles. The largest absolute Gasteiger partial charge is 0.496 e. The second kappa shape index (κ2) is 8.36. The number of hydrogen-bond acceptors (Lipinski definition) is 6. The lowest BCUT2D eigenvalue weighted by Crippen LogP contribution is -2.32. The summed E-state index contributed by atoms with van der Waals surface area (Å²) in [5, 5.41) is 14.2. The van der Waals surface area contributed by atoms with Crippen LogP contribution in [0, 0.1) is 13.8 Å². The number of nitrogens with zero attached hydrogens (tertiary/aromatic N) is 3. The third kappa shape index (κ3) is 3.97. The number of benzene rings is 1. The van der Waals surface area contributed by atoms with E-state index in [9.17, 15) is 23.1 Å². The van der Waals surface area contributed by atoms with Crippen LogP contribution in [0.4, 0.5) is 13.2 Å². The molecule has 0 spiro atoms. The number of aryl methyl sites for hydroxylation is 2. The van der Waals surface area contributed by atoms with Crippen molar-refractivity contribution >= 4 is 10.9 Å². The summed E-state index contributed by atoms with van der Waals surface area (Å²) in [7, 11) is 1.45. The minimum absolute atomic E-state index is 0.127. The molecule has 3 aromatic heterocycles. The molecule has 0 radical (unpaired) electrons. The predicted molar refractivity (Wildman–Crippen MR) is 114 cm³/mol. The van der Waals surface area contributed by atoms with Gasteiger partial charge in [0, 0.05) is 6.20 Å². The molecule has 1 unspecified atom stereocenters. The molecule has 4 rings (SSSR count). The summed E-state index contributed by atoms with van der Waals surface area (Å²) >= 11 is 0. The SMILES string of the molecule is COc1ccc2cc(C(O)C(F)(F)F)c(=O)n(Cc3ccccn3)c2c1-c1c(C)noc1C. The highest BCUT2D eigenvalue weighted by atomic mass is 19.4. The molecule has 3 heterocycles. The molecular formula is C23H20F3N3O4. The van der Waals surface area contributed by atoms with Gasteiger partial charge in [-0.1, -0.05) is 11.2 Å². The van der Waals surface area contributed by atoms with E-state index < -0.39 is 23.4 Å². The molecule has 0 bridgehead atoms. The zero-order valence-electron chi connectivity index (χ0n) is 18.0. The summed E-state index contributed by atoms with van der Waals surface area (Å²) in [5.41, 5.74) is 0.544.